The maximum atomic E-state index is 13.1. The van der Waals surface area contributed by atoms with Gasteiger partial charge in [0.1, 0.15) is 0 Å². The molecule has 1 aromatic rings. The maximum absolute atomic E-state index is 13.1. The molecule has 1 aliphatic rings. The fourth-order valence-corrected chi connectivity index (χ4v) is 6.82. The normalized spacial score (nSPS) is 22.9. The van der Waals surface area contributed by atoms with E-state index in [0.717, 1.165) is 5.56 Å². The summed E-state index contributed by atoms with van der Waals surface area (Å²) in [5, 5.41) is 0. The van der Waals surface area contributed by atoms with Gasteiger partial charge in [0.25, 0.3) is 10.0 Å². The van der Waals surface area contributed by atoms with E-state index in [1.54, 1.807) is 24.3 Å². The number of nitrogens with zero attached hydrogens (tertiary/aromatic N) is 1. The maximum Gasteiger partial charge on any atom is 0.266 e. The highest BCUT2D eigenvalue weighted by Gasteiger charge is 2.51. The molecule has 0 radical (unpaired) electrons. The van der Waals surface area contributed by atoms with Gasteiger partial charge in [-0.2, -0.15) is 0 Å². The number of benzene rings is 1. The lowest BCUT2D eigenvalue weighted by Crippen LogP contribution is -2.42. The summed E-state index contributed by atoms with van der Waals surface area (Å²) in [5.41, 5.74) is 0.868. The highest BCUT2D eigenvalue weighted by Crippen LogP contribution is 2.42. The second-order valence-electron chi connectivity index (χ2n) is 7.92. The topological polar surface area (TPSA) is 54.5 Å². The largest absolute Gasteiger partial charge is 0.274 e. The van der Waals surface area contributed by atoms with Crippen LogP contribution in [0.2, 0.25) is 25.2 Å². The molecule has 2 atom stereocenters. The van der Waals surface area contributed by atoms with Crippen molar-refractivity contribution in [3.8, 4) is 0 Å². The first-order valence-corrected chi connectivity index (χ1v) is 13.1. The Kier molecular flexibility index (Phi) is 4.79. The number of hydrogen-bond acceptors (Lipinski definition) is 3. The van der Waals surface area contributed by atoms with Crippen LogP contribution >= 0.6 is 0 Å². The lowest BCUT2D eigenvalue weighted by atomic mass is 10.0. The zero-order chi connectivity index (χ0) is 17.6. The van der Waals surface area contributed by atoms with Crippen LogP contribution < -0.4 is 0 Å². The molecule has 1 fully saturated rings. The van der Waals surface area contributed by atoms with Crippen molar-refractivity contribution in [3.05, 3.63) is 29.8 Å². The Balaban J connectivity index is 2.49. The summed E-state index contributed by atoms with van der Waals surface area (Å²) in [4.78, 5) is 13.1. The Bertz CT molecular complexity index is 690. The van der Waals surface area contributed by atoms with Gasteiger partial charge < -0.3 is 0 Å². The van der Waals surface area contributed by atoms with E-state index in [9.17, 15) is 13.2 Å². The van der Waals surface area contributed by atoms with Crippen LogP contribution in [0.4, 0.5) is 0 Å². The second kappa shape index (κ2) is 6.05. The average molecular weight is 354 g/mol. The molecule has 23 heavy (non-hydrogen) atoms. The third kappa shape index (κ3) is 3.38. The third-order valence-corrected chi connectivity index (χ3v) is 9.10. The van der Waals surface area contributed by atoms with E-state index < -0.39 is 18.1 Å². The minimum atomic E-state index is -3.79. The first-order valence-electron chi connectivity index (χ1n) is 8.11. The smallest absolute Gasteiger partial charge is 0.266 e. The minimum Gasteiger partial charge on any atom is -0.274 e. The summed E-state index contributed by atoms with van der Waals surface area (Å²) in [6.07, 6.45) is 0.650. The summed E-state index contributed by atoms with van der Waals surface area (Å²) in [6.45, 7) is 12.3. The van der Waals surface area contributed by atoms with Crippen LogP contribution in [-0.4, -0.2) is 32.7 Å². The van der Waals surface area contributed by atoms with Crippen molar-refractivity contribution in [2.24, 2.45) is 5.92 Å². The van der Waals surface area contributed by atoms with Crippen molar-refractivity contribution in [3.63, 3.8) is 0 Å². The highest BCUT2D eigenvalue weighted by atomic mass is 32.2. The van der Waals surface area contributed by atoms with E-state index in [1.807, 2.05) is 20.8 Å². The molecule has 0 aliphatic carbocycles. The molecule has 0 N–H and O–H groups in total. The molecule has 6 heteroatoms. The number of carbonyl (C=O) groups excluding carboxylic acids is 1. The Morgan fingerprint density at radius 2 is 1.65 bits per heavy atom. The zero-order valence-electron chi connectivity index (χ0n) is 14.8. The van der Waals surface area contributed by atoms with Crippen LogP contribution in [0.15, 0.2) is 29.2 Å². The number of aryl methyl sites for hydroxylation is 1. The molecule has 0 bridgehead atoms. The molecule has 128 valence electrons. The summed E-state index contributed by atoms with van der Waals surface area (Å²) < 4.78 is 27.3. The number of hydrogen-bond donors (Lipinski definition) is 0. The molecule has 0 spiro atoms. The van der Waals surface area contributed by atoms with E-state index in [2.05, 4.69) is 19.6 Å². The molecule has 1 aliphatic heterocycles. The van der Waals surface area contributed by atoms with Gasteiger partial charge in [-0.15, -0.1) is 0 Å². The van der Waals surface area contributed by atoms with Gasteiger partial charge in [-0.3, -0.25) is 4.79 Å². The summed E-state index contributed by atoms with van der Waals surface area (Å²) >= 11 is 0. The first-order chi connectivity index (χ1) is 10.5. The van der Waals surface area contributed by atoms with Crippen LogP contribution in [0.25, 0.3) is 0 Å². The van der Waals surface area contributed by atoms with Crippen molar-refractivity contribution in [1.82, 2.24) is 4.31 Å². The third-order valence-electron chi connectivity index (χ3n) is 4.69. The molecular formula is C17H27NO3SSi. The standard InChI is InChI=1S/C17H27NO3SSi/c1-12(2)15-11-16(23(4,5)6)17(19)18(15)22(20,21)14-9-7-13(3)8-10-14/h7-10,12,15-16H,11H2,1-6H3/t15-,16+/m1/s1. The predicted octanol–water partition coefficient (Wildman–Crippen LogP) is 3.65. The summed E-state index contributed by atoms with van der Waals surface area (Å²) in [6, 6.07) is 6.49. The van der Waals surface area contributed by atoms with Crippen molar-refractivity contribution < 1.29 is 13.2 Å². The van der Waals surface area contributed by atoms with E-state index in [1.165, 1.54) is 4.31 Å². The quantitative estimate of drug-likeness (QED) is 0.776. The van der Waals surface area contributed by atoms with Gasteiger partial charge in [0.05, 0.1) is 19.0 Å². The molecule has 2 rings (SSSR count). The number of rotatable bonds is 4. The van der Waals surface area contributed by atoms with Crippen LogP contribution in [-0.2, 0) is 14.8 Å². The SMILES string of the molecule is Cc1ccc(S(=O)(=O)N2C(=O)[C@@H]([Si](C)(C)C)C[C@@H]2C(C)C)cc1. The highest BCUT2D eigenvalue weighted by molar-refractivity contribution is 7.89. The second-order valence-corrected chi connectivity index (χ2v) is 15.2. The molecule has 4 nitrogen and oxygen atoms in total. The molecule has 0 aromatic heterocycles. The summed E-state index contributed by atoms with van der Waals surface area (Å²) in [5.74, 6) is -0.0936. The fourth-order valence-electron chi connectivity index (χ4n) is 3.14. The van der Waals surface area contributed by atoms with E-state index in [-0.39, 0.29) is 28.3 Å². The van der Waals surface area contributed by atoms with Gasteiger partial charge in [-0.05, 0) is 31.4 Å². The van der Waals surface area contributed by atoms with Gasteiger partial charge in [0.2, 0.25) is 5.91 Å². The van der Waals surface area contributed by atoms with E-state index >= 15 is 0 Å². The molecule has 0 unspecified atom stereocenters. The van der Waals surface area contributed by atoms with Crippen LogP contribution in [0, 0.1) is 12.8 Å². The van der Waals surface area contributed by atoms with Gasteiger partial charge in [-0.25, -0.2) is 12.7 Å². The lowest BCUT2D eigenvalue weighted by molar-refractivity contribution is -0.124. The van der Waals surface area contributed by atoms with Crippen LogP contribution in [0.3, 0.4) is 0 Å². The number of sulfonamides is 1. The molecule has 1 heterocycles. The van der Waals surface area contributed by atoms with Crippen LogP contribution in [0.5, 0.6) is 0 Å². The van der Waals surface area contributed by atoms with Gasteiger partial charge in [0.15, 0.2) is 0 Å². The molecule has 0 saturated carbocycles. The molecule has 1 amide bonds. The Morgan fingerprint density at radius 3 is 2.09 bits per heavy atom. The van der Waals surface area contributed by atoms with Gasteiger partial charge >= 0.3 is 0 Å². The monoisotopic (exact) mass is 353 g/mol. The Labute approximate surface area is 141 Å². The molecule has 1 aromatic carbocycles. The van der Waals surface area contributed by atoms with Gasteiger partial charge in [-0.1, -0.05) is 51.2 Å². The van der Waals surface area contributed by atoms with Crippen molar-refractivity contribution in [1.29, 1.82) is 0 Å². The number of amides is 1. The van der Waals surface area contributed by atoms with E-state index in [4.69, 9.17) is 0 Å². The van der Waals surface area contributed by atoms with Crippen molar-refractivity contribution in [2.45, 2.75) is 63.3 Å². The number of carbonyl (C=O) groups is 1. The summed E-state index contributed by atoms with van der Waals surface area (Å²) in [7, 11) is -5.55. The first kappa shape index (κ1) is 18.2. The van der Waals surface area contributed by atoms with Gasteiger partial charge in [0, 0.05) is 5.54 Å². The Morgan fingerprint density at radius 1 is 1.13 bits per heavy atom. The minimum absolute atomic E-state index is 0.112. The molecular weight excluding hydrogens is 326 g/mol. The zero-order valence-corrected chi connectivity index (χ0v) is 16.6. The fraction of sp³-hybridized carbons (Fsp3) is 0.588. The van der Waals surface area contributed by atoms with Crippen molar-refractivity contribution in [2.75, 3.05) is 0 Å². The Hall–Kier alpha value is -1.14. The average Bonchev–Trinajstić information content (AvgIpc) is 2.77. The van der Waals surface area contributed by atoms with E-state index in [0.29, 0.717) is 6.42 Å². The predicted molar refractivity (Wildman–Crippen MR) is 95.5 cm³/mol. The van der Waals surface area contributed by atoms with Crippen LogP contribution in [0.1, 0.15) is 25.8 Å². The lowest BCUT2D eigenvalue weighted by Gasteiger charge is -2.27. The van der Waals surface area contributed by atoms with Crippen molar-refractivity contribution >= 4 is 24.0 Å². The molecule has 1 saturated heterocycles.